The summed E-state index contributed by atoms with van der Waals surface area (Å²) in [5.74, 6) is -0.624. The van der Waals surface area contributed by atoms with E-state index >= 15 is 0 Å². The van der Waals surface area contributed by atoms with Gasteiger partial charge in [0.25, 0.3) is 0 Å². The minimum absolute atomic E-state index is 0.0791. The van der Waals surface area contributed by atoms with E-state index in [0.29, 0.717) is 12.8 Å². The van der Waals surface area contributed by atoms with Crippen molar-refractivity contribution in [3.63, 3.8) is 0 Å². The van der Waals surface area contributed by atoms with Crippen molar-refractivity contribution in [2.24, 2.45) is 0 Å². The van der Waals surface area contributed by atoms with Gasteiger partial charge in [-0.15, -0.1) is 0 Å². The van der Waals surface area contributed by atoms with Crippen LogP contribution in [0.1, 0.15) is 245 Å². The van der Waals surface area contributed by atoms with E-state index < -0.39 is 6.10 Å². The first kappa shape index (κ1) is 50.4. The van der Waals surface area contributed by atoms with Crippen molar-refractivity contribution in [2.75, 3.05) is 13.2 Å². The third-order valence-corrected chi connectivity index (χ3v) is 10.2. The molecule has 0 aliphatic carbocycles. The van der Waals surface area contributed by atoms with Crippen molar-refractivity contribution >= 4 is 11.9 Å². The van der Waals surface area contributed by atoms with E-state index in [9.17, 15) is 14.7 Å². The molecular formula is C47H88O5. The molecule has 0 aliphatic heterocycles. The van der Waals surface area contributed by atoms with Crippen molar-refractivity contribution in [3.8, 4) is 0 Å². The largest absolute Gasteiger partial charge is 0.462 e. The number of esters is 2. The quantitative estimate of drug-likeness (QED) is 0.0384. The van der Waals surface area contributed by atoms with Crippen molar-refractivity contribution in [2.45, 2.75) is 251 Å². The normalized spacial score (nSPS) is 12.3. The molecule has 1 atom stereocenters. The third kappa shape index (κ3) is 41.1. The molecule has 0 aromatic heterocycles. The van der Waals surface area contributed by atoms with Gasteiger partial charge < -0.3 is 14.6 Å². The van der Waals surface area contributed by atoms with Crippen LogP contribution in [0.5, 0.6) is 0 Å². The van der Waals surface area contributed by atoms with Gasteiger partial charge in [-0.2, -0.15) is 0 Å². The molecule has 1 N–H and O–H groups in total. The van der Waals surface area contributed by atoms with Crippen LogP contribution in [0.3, 0.4) is 0 Å². The summed E-state index contributed by atoms with van der Waals surface area (Å²) in [4.78, 5) is 24.3. The fraction of sp³-hybridized carbons (Fsp3) is 0.872. The number of carbonyl (C=O) groups excluding carboxylic acids is 2. The average Bonchev–Trinajstić information content (AvgIpc) is 3.15. The molecule has 0 spiro atoms. The van der Waals surface area contributed by atoms with Gasteiger partial charge >= 0.3 is 11.9 Å². The van der Waals surface area contributed by atoms with E-state index in [1.165, 1.54) is 180 Å². The number of unbranched alkanes of at least 4 members (excludes halogenated alkanes) is 30. The zero-order chi connectivity index (χ0) is 37.8. The van der Waals surface area contributed by atoms with Crippen molar-refractivity contribution in [1.29, 1.82) is 0 Å². The van der Waals surface area contributed by atoms with Gasteiger partial charge in [0.1, 0.15) is 6.61 Å². The Hall–Kier alpha value is -1.62. The van der Waals surface area contributed by atoms with Gasteiger partial charge in [0.05, 0.1) is 6.61 Å². The monoisotopic (exact) mass is 733 g/mol. The lowest BCUT2D eigenvalue weighted by Crippen LogP contribution is -2.28. The van der Waals surface area contributed by atoms with Crippen molar-refractivity contribution in [1.82, 2.24) is 0 Å². The minimum atomic E-state index is -0.781. The highest BCUT2D eigenvalue weighted by molar-refractivity contribution is 5.70. The molecule has 0 bridgehead atoms. The van der Waals surface area contributed by atoms with Crippen molar-refractivity contribution < 1.29 is 24.2 Å². The van der Waals surface area contributed by atoms with Crippen LogP contribution in [0.15, 0.2) is 24.3 Å². The van der Waals surface area contributed by atoms with Gasteiger partial charge in [-0.1, -0.05) is 199 Å². The van der Waals surface area contributed by atoms with Gasteiger partial charge in [0.15, 0.2) is 6.10 Å². The second-order valence-electron chi connectivity index (χ2n) is 15.5. The first-order valence-electron chi connectivity index (χ1n) is 22.9. The van der Waals surface area contributed by atoms with E-state index in [-0.39, 0.29) is 25.2 Å². The summed E-state index contributed by atoms with van der Waals surface area (Å²) < 4.78 is 10.6. The molecule has 0 aromatic rings. The van der Waals surface area contributed by atoms with Crippen LogP contribution in [-0.2, 0) is 19.1 Å². The highest BCUT2D eigenvalue weighted by atomic mass is 16.6. The van der Waals surface area contributed by atoms with Crippen LogP contribution in [-0.4, -0.2) is 36.4 Å². The summed E-state index contributed by atoms with van der Waals surface area (Å²) in [6.45, 7) is 4.12. The lowest BCUT2D eigenvalue weighted by Gasteiger charge is -2.15. The van der Waals surface area contributed by atoms with Crippen LogP contribution in [0, 0.1) is 0 Å². The molecule has 0 rings (SSSR count). The van der Waals surface area contributed by atoms with E-state index in [1.807, 2.05) is 0 Å². The predicted octanol–water partition coefficient (Wildman–Crippen LogP) is 14.6. The molecule has 0 radical (unpaired) electrons. The average molecular weight is 733 g/mol. The maximum absolute atomic E-state index is 12.2. The maximum Gasteiger partial charge on any atom is 0.306 e. The zero-order valence-electron chi connectivity index (χ0n) is 34.8. The molecule has 0 amide bonds. The highest BCUT2D eigenvalue weighted by Gasteiger charge is 2.16. The van der Waals surface area contributed by atoms with E-state index in [4.69, 9.17) is 9.47 Å². The number of ether oxygens (including phenoxy) is 2. The summed E-state index contributed by atoms with van der Waals surface area (Å²) in [5.41, 5.74) is 0. The molecular weight excluding hydrogens is 645 g/mol. The van der Waals surface area contributed by atoms with Gasteiger partial charge in [0.2, 0.25) is 0 Å². The number of carbonyl (C=O) groups is 2. The summed E-state index contributed by atoms with van der Waals surface area (Å²) in [6.07, 6.45) is 52.7. The van der Waals surface area contributed by atoms with Crippen LogP contribution in [0.4, 0.5) is 0 Å². The topological polar surface area (TPSA) is 72.8 Å². The SMILES string of the molecule is CCCCCC/C=C/CCCCCCCCCC(=O)O[C@@H](CO)COC(=O)CCC/C=C/CCCCCCCCCCCCCCCCCCCC. The smallest absolute Gasteiger partial charge is 0.306 e. The molecule has 0 saturated heterocycles. The van der Waals surface area contributed by atoms with Gasteiger partial charge in [0, 0.05) is 12.8 Å². The first-order valence-corrected chi connectivity index (χ1v) is 22.9. The number of rotatable bonds is 42. The number of allylic oxidation sites excluding steroid dienone is 4. The fourth-order valence-electron chi connectivity index (χ4n) is 6.73. The molecule has 5 heteroatoms. The van der Waals surface area contributed by atoms with Crippen LogP contribution in [0.25, 0.3) is 0 Å². The Morgan fingerprint density at radius 1 is 0.423 bits per heavy atom. The van der Waals surface area contributed by atoms with E-state index in [2.05, 4.69) is 38.2 Å². The summed E-state index contributed by atoms with van der Waals surface area (Å²) in [6, 6.07) is 0. The Morgan fingerprint density at radius 3 is 1.12 bits per heavy atom. The lowest BCUT2D eigenvalue weighted by atomic mass is 10.0. The van der Waals surface area contributed by atoms with Gasteiger partial charge in [-0.05, 0) is 57.8 Å². The highest BCUT2D eigenvalue weighted by Crippen LogP contribution is 2.15. The number of aliphatic hydroxyl groups excluding tert-OH is 1. The molecule has 5 nitrogen and oxygen atoms in total. The fourth-order valence-corrected chi connectivity index (χ4v) is 6.73. The summed E-state index contributed by atoms with van der Waals surface area (Å²) in [5, 5.41) is 9.58. The molecule has 0 saturated carbocycles. The van der Waals surface area contributed by atoms with Crippen LogP contribution in [0.2, 0.25) is 0 Å². The second-order valence-corrected chi connectivity index (χ2v) is 15.5. The molecule has 306 valence electrons. The third-order valence-electron chi connectivity index (χ3n) is 10.2. The Balaban J connectivity index is 3.50. The van der Waals surface area contributed by atoms with Gasteiger partial charge in [-0.3, -0.25) is 9.59 Å². The van der Waals surface area contributed by atoms with E-state index in [1.54, 1.807) is 0 Å². The predicted molar refractivity (Wildman–Crippen MR) is 224 cm³/mol. The van der Waals surface area contributed by atoms with Gasteiger partial charge in [-0.25, -0.2) is 0 Å². The van der Waals surface area contributed by atoms with Crippen molar-refractivity contribution in [3.05, 3.63) is 24.3 Å². The van der Waals surface area contributed by atoms with Crippen LogP contribution < -0.4 is 0 Å². The Kier molecular flexibility index (Phi) is 42.4. The zero-order valence-corrected chi connectivity index (χ0v) is 34.8. The number of hydrogen-bond acceptors (Lipinski definition) is 5. The Bertz CT molecular complexity index is 791. The molecule has 0 aliphatic rings. The standard InChI is InChI=1S/C47H88O5/c1-3-5-7-9-11-13-15-17-19-20-21-22-23-24-25-26-28-29-31-33-35-37-39-41-46(49)51-44-45(43-48)52-47(50)42-40-38-36-34-32-30-27-18-16-14-12-10-8-6-4-2/h14,16,33,35,45,48H,3-13,15,17-32,34,36-44H2,1-2H3/b16-14+,35-33+/t45-/m0/s1. The number of aliphatic hydroxyl groups is 1. The lowest BCUT2D eigenvalue weighted by molar-refractivity contribution is -0.161. The summed E-state index contributed by atoms with van der Waals surface area (Å²) in [7, 11) is 0. The summed E-state index contributed by atoms with van der Waals surface area (Å²) >= 11 is 0. The molecule has 0 aromatic carbocycles. The molecule has 0 unspecified atom stereocenters. The Morgan fingerprint density at radius 2 is 0.731 bits per heavy atom. The maximum atomic E-state index is 12.2. The first-order chi connectivity index (χ1) is 25.6. The molecule has 0 heterocycles. The minimum Gasteiger partial charge on any atom is -0.462 e. The van der Waals surface area contributed by atoms with Crippen LogP contribution >= 0.6 is 0 Å². The number of hydrogen-bond donors (Lipinski definition) is 1. The second kappa shape index (κ2) is 43.8. The Labute approximate surface area is 323 Å². The van der Waals surface area contributed by atoms with E-state index in [0.717, 1.165) is 38.5 Å². The molecule has 52 heavy (non-hydrogen) atoms. The molecule has 0 fully saturated rings.